The first-order valence-electron chi connectivity index (χ1n) is 4.72. The lowest BCUT2D eigenvalue weighted by molar-refractivity contribution is 0.532. The Morgan fingerprint density at radius 2 is 1.45 bits per heavy atom. The van der Waals surface area contributed by atoms with E-state index in [0.29, 0.717) is 0 Å². The molecule has 0 spiro atoms. The summed E-state index contributed by atoms with van der Waals surface area (Å²) in [4.78, 5) is 0. The van der Waals surface area contributed by atoms with Crippen LogP contribution in [0.1, 0.15) is 39.5 Å². The molecule has 0 aromatic heterocycles. The van der Waals surface area contributed by atoms with Gasteiger partial charge in [-0.05, 0) is 36.8 Å². The minimum Gasteiger partial charge on any atom is -0.129 e. The smallest absolute Gasteiger partial charge is 0.0186 e. The molecular weight excluding hydrogens is 132 g/mol. The molecule has 0 radical (unpaired) electrons. The van der Waals surface area contributed by atoms with E-state index in [1.165, 1.54) is 25.7 Å². The Morgan fingerprint density at radius 1 is 1.00 bits per heavy atom. The highest BCUT2D eigenvalue weighted by atomic mass is 14.1. The molecule has 0 heteroatoms. The van der Waals surface area contributed by atoms with Crippen molar-refractivity contribution in [2.75, 3.05) is 0 Å². The molecule has 0 fully saturated rings. The van der Waals surface area contributed by atoms with Gasteiger partial charge in [0, 0.05) is 0 Å². The largest absolute Gasteiger partial charge is 0.129 e. The first kappa shape index (κ1) is 8.62. The van der Waals surface area contributed by atoms with Gasteiger partial charge in [-0.2, -0.15) is 0 Å². The molecule has 0 saturated carbocycles. The van der Waals surface area contributed by atoms with Crippen molar-refractivity contribution in [2.24, 2.45) is 11.8 Å². The first-order chi connectivity index (χ1) is 5.29. The summed E-state index contributed by atoms with van der Waals surface area (Å²) in [6.45, 7) is 4.55. The predicted molar refractivity (Wildman–Crippen MR) is 49.4 cm³/mol. The van der Waals surface area contributed by atoms with Crippen LogP contribution in [0.2, 0.25) is 0 Å². The summed E-state index contributed by atoms with van der Waals surface area (Å²) in [5.41, 5.74) is 3.28. The summed E-state index contributed by atoms with van der Waals surface area (Å²) in [6, 6.07) is 0. The van der Waals surface area contributed by atoms with Crippen LogP contribution in [0, 0.1) is 11.8 Å². The van der Waals surface area contributed by atoms with Crippen LogP contribution >= 0.6 is 0 Å². The quantitative estimate of drug-likeness (QED) is 0.463. The van der Waals surface area contributed by atoms with Gasteiger partial charge in [-0.3, -0.25) is 0 Å². The maximum Gasteiger partial charge on any atom is -0.0186 e. The van der Waals surface area contributed by atoms with Crippen LogP contribution in [0.3, 0.4) is 0 Å². The monoisotopic (exact) mass is 150 g/mol. The third-order valence-electron chi connectivity index (χ3n) is 2.33. The summed E-state index contributed by atoms with van der Waals surface area (Å²) in [7, 11) is 0. The van der Waals surface area contributed by atoms with Gasteiger partial charge < -0.3 is 0 Å². The normalized spacial score (nSPS) is 32.5. The standard InChI is InChI=1S/C11H18/c1-10-6-3-4-7-11(2)9-5-8-10/h8-11H,3-4,6-7H2,1-2H3. The van der Waals surface area contributed by atoms with Crippen LogP contribution in [0.4, 0.5) is 0 Å². The summed E-state index contributed by atoms with van der Waals surface area (Å²) in [5, 5.41) is 0. The second-order valence-corrected chi connectivity index (χ2v) is 3.74. The van der Waals surface area contributed by atoms with Crippen LogP contribution in [0.15, 0.2) is 17.9 Å². The second-order valence-electron chi connectivity index (χ2n) is 3.74. The number of rotatable bonds is 0. The fourth-order valence-electron chi connectivity index (χ4n) is 1.48. The molecule has 0 aliphatic heterocycles. The summed E-state index contributed by atoms with van der Waals surface area (Å²) < 4.78 is 0. The topological polar surface area (TPSA) is 0 Å². The predicted octanol–water partition coefficient (Wildman–Crippen LogP) is 3.54. The Hall–Kier alpha value is -0.480. The van der Waals surface area contributed by atoms with Crippen molar-refractivity contribution in [3.05, 3.63) is 17.9 Å². The molecule has 0 N–H and O–H groups in total. The van der Waals surface area contributed by atoms with Crippen molar-refractivity contribution >= 4 is 0 Å². The van der Waals surface area contributed by atoms with Gasteiger partial charge in [0.15, 0.2) is 0 Å². The molecule has 2 unspecified atom stereocenters. The molecule has 1 rings (SSSR count). The van der Waals surface area contributed by atoms with Gasteiger partial charge in [-0.15, -0.1) is 5.73 Å². The van der Waals surface area contributed by atoms with E-state index in [9.17, 15) is 0 Å². The summed E-state index contributed by atoms with van der Waals surface area (Å²) in [6.07, 6.45) is 9.87. The fourth-order valence-corrected chi connectivity index (χ4v) is 1.48. The van der Waals surface area contributed by atoms with Gasteiger partial charge in [0.05, 0.1) is 0 Å². The SMILES string of the molecule is CC1C=C=CC(C)CCCC1. The Labute approximate surface area is 70.0 Å². The van der Waals surface area contributed by atoms with E-state index in [1.807, 2.05) is 0 Å². The highest BCUT2D eigenvalue weighted by molar-refractivity contribution is 4.91. The molecule has 62 valence electrons. The van der Waals surface area contributed by atoms with Crippen LogP contribution in [-0.4, -0.2) is 0 Å². The zero-order valence-corrected chi connectivity index (χ0v) is 7.64. The van der Waals surface area contributed by atoms with E-state index in [0.717, 1.165) is 11.8 Å². The highest BCUT2D eigenvalue weighted by Crippen LogP contribution is 2.16. The average Bonchev–Trinajstić information content (AvgIpc) is 2.04. The molecule has 1 aliphatic rings. The second kappa shape index (κ2) is 4.41. The molecule has 11 heavy (non-hydrogen) atoms. The Bertz CT molecular complexity index is 145. The minimum atomic E-state index is 0.733. The molecule has 0 heterocycles. The van der Waals surface area contributed by atoms with Gasteiger partial charge >= 0.3 is 0 Å². The van der Waals surface area contributed by atoms with Crippen LogP contribution in [0.5, 0.6) is 0 Å². The van der Waals surface area contributed by atoms with Gasteiger partial charge in [-0.1, -0.05) is 26.7 Å². The molecule has 1 aliphatic carbocycles. The number of hydrogen-bond acceptors (Lipinski definition) is 0. The molecule has 0 aromatic rings. The van der Waals surface area contributed by atoms with Crippen LogP contribution in [-0.2, 0) is 0 Å². The van der Waals surface area contributed by atoms with Crippen molar-refractivity contribution in [3.8, 4) is 0 Å². The molecule has 0 nitrogen and oxygen atoms in total. The highest BCUT2D eigenvalue weighted by Gasteiger charge is 2.01. The lowest BCUT2D eigenvalue weighted by Gasteiger charge is -2.04. The Balaban J connectivity index is 2.52. The molecular formula is C11H18. The average molecular weight is 150 g/mol. The van der Waals surface area contributed by atoms with Crippen molar-refractivity contribution in [3.63, 3.8) is 0 Å². The van der Waals surface area contributed by atoms with Gasteiger partial charge in [0.25, 0.3) is 0 Å². The summed E-state index contributed by atoms with van der Waals surface area (Å²) in [5.74, 6) is 1.47. The maximum atomic E-state index is 3.28. The van der Waals surface area contributed by atoms with Gasteiger partial charge in [-0.25, -0.2) is 0 Å². The van der Waals surface area contributed by atoms with Crippen LogP contribution < -0.4 is 0 Å². The molecule has 0 aromatic carbocycles. The van der Waals surface area contributed by atoms with E-state index in [4.69, 9.17) is 0 Å². The number of allylic oxidation sites excluding steroid dienone is 1. The van der Waals surface area contributed by atoms with Crippen LogP contribution in [0.25, 0.3) is 0 Å². The van der Waals surface area contributed by atoms with E-state index in [-0.39, 0.29) is 0 Å². The Kier molecular flexibility index (Phi) is 3.45. The van der Waals surface area contributed by atoms with Crippen molar-refractivity contribution in [1.29, 1.82) is 0 Å². The van der Waals surface area contributed by atoms with Crippen molar-refractivity contribution < 1.29 is 0 Å². The fraction of sp³-hybridized carbons (Fsp3) is 0.727. The minimum absolute atomic E-state index is 0.733. The van der Waals surface area contributed by atoms with E-state index in [2.05, 4.69) is 31.7 Å². The first-order valence-corrected chi connectivity index (χ1v) is 4.72. The van der Waals surface area contributed by atoms with Crippen molar-refractivity contribution in [1.82, 2.24) is 0 Å². The van der Waals surface area contributed by atoms with Gasteiger partial charge in [0.1, 0.15) is 0 Å². The van der Waals surface area contributed by atoms with E-state index in [1.54, 1.807) is 0 Å². The van der Waals surface area contributed by atoms with E-state index < -0.39 is 0 Å². The zero-order chi connectivity index (χ0) is 8.10. The lowest BCUT2D eigenvalue weighted by Crippen LogP contribution is -1.90. The molecule has 0 bridgehead atoms. The maximum absolute atomic E-state index is 3.28. The molecule has 2 atom stereocenters. The zero-order valence-electron chi connectivity index (χ0n) is 7.64. The van der Waals surface area contributed by atoms with E-state index >= 15 is 0 Å². The number of hydrogen-bond donors (Lipinski definition) is 0. The van der Waals surface area contributed by atoms with Gasteiger partial charge in [0.2, 0.25) is 0 Å². The summed E-state index contributed by atoms with van der Waals surface area (Å²) >= 11 is 0. The molecule has 0 amide bonds. The Morgan fingerprint density at radius 3 is 1.91 bits per heavy atom. The third-order valence-corrected chi connectivity index (χ3v) is 2.33. The van der Waals surface area contributed by atoms with Crippen molar-refractivity contribution in [2.45, 2.75) is 39.5 Å². The lowest BCUT2D eigenvalue weighted by atomic mass is 10.0. The third kappa shape index (κ3) is 3.43. The molecule has 0 saturated heterocycles.